The van der Waals surface area contributed by atoms with Crippen LogP contribution < -0.4 is 0 Å². The largest absolute Gasteiger partial charge is 0.519 e. The van der Waals surface area contributed by atoms with E-state index in [4.69, 9.17) is 4.43 Å². The van der Waals surface area contributed by atoms with Gasteiger partial charge in [0.1, 0.15) is 0 Å². The molecule has 0 amide bonds. The molecule has 1 radical (unpaired) electrons. The van der Waals surface area contributed by atoms with Crippen molar-refractivity contribution in [3.05, 3.63) is 6.92 Å². The van der Waals surface area contributed by atoms with Gasteiger partial charge in [-0.15, -0.1) is 0 Å². The van der Waals surface area contributed by atoms with Crippen LogP contribution >= 0.6 is 0 Å². The van der Waals surface area contributed by atoms with Gasteiger partial charge in [0.05, 0.1) is 6.92 Å². The molecule has 0 aliphatic rings. The molecule has 11 heavy (non-hydrogen) atoms. The third-order valence-electron chi connectivity index (χ3n) is 2.26. The maximum atomic E-state index is 10.6. The van der Waals surface area contributed by atoms with E-state index in [1.165, 1.54) is 0 Å². The lowest BCUT2D eigenvalue weighted by Gasteiger charge is -2.26. The minimum Gasteiger partial charge on any atom is -0.519 e. The molecule has 0 N–H and O–H groups in total. The summed E-state index contributed by atoms with van der Waals surface area (Å²) in [4.78, 5) is 10.6. The molecule has 0 aliphatic carbocycles. The van der Waals surface area contributed by atoms with Crippen molar-refractivity contribution in [1.29, 1.82) is 0 Å². The minimum absolute atomic E-state index is 0.359. The van der Waals surface area contributed by atoms with Gasteiger partial charge in [0.15, 0.2) is 0 Å². The van der Waals surface area contributed by atoms with Crippen LogP contribution in [-0.4, -0.2) is 14.3 Å². The molecule has 0 spiro atoms. The predicted molar refractivity (Wildman–Crippen MR) is 48.6 cm³/mol. The topological polar surface area (TPSA) is 26.3 Å². The molecule has 65 valence electrons. The van der Waals surface area contributed by atoms with Gasteiger partial charge in [-0.05, 0) is 18.1 Å². The molecule has 0 rings (SSSR count). The van der Waals surface area contributed by atoms with E-state index in [0.29, 0.717) is 0 Å². The van der Waals surface area contributed by atoms with Gasteiger partial charge >= 0.3 is 0 Å². The van der Waals surface area contributed by atoms with Crippen LogP contribution in [0.3, 0.4) is 0 Å². The molecule has 0 heterocycles. The van der Waals surface area contributed by atoms with E-state index in [9.17, 15) is 4.79 Å². The zero-order valence-electron chi connectivity index (χ0n) is 7.64. The molecule has 2 nitrogen and oxygen atoms in total. The SMILES string of the molecule is [CH2]C(=O)O[Si](CC)(CC)CC. The Labute approximate surface area is 70.1 Å². The first kappa shape index (κ1) is 10.7. The Kier molecular flexibility index (Phi) is 4.41. The first-order valence-corrected chi connectivity index (χ1v) is 6.68. The lowest BCUT2D eigenvalue weighted by molar-refractivity contribution is -0.130. The number of rotatable bonds is 4. The van der Waals surface area contributed by atoms with Crippen molar-refractivity contribution in [1.82, 2.24) is 0 Å². The highest BCUT2D eigenvalue weighted by Gasteiger charge is 2.31. The summed E-state index contributed by atoms with van der Waals surface area (Å²) in [6.07, 6.45) is 0. The fourth-order valence-electron chi connectivity index (χ4n) is 1.21. The quantitative estimate of drug-likeness (QED) is 0.610. The molecule has 0 fully saturated rings. The highest BCUT2D eigenvalue weighted by Crippen LogP contribution is 2.21. The minimum atomic E-state index is -1.69. The number of hydrogen-bond donors (Lipinski definition) is 0. The number of carbonyl (C=O) groups is 1. The van der Waals surface area contributed by atoms with E-state index in [0.717, 1.165) is 18.1 Å². The van der Waals surface area contributed by atoms with Crippen molar-refractivity contribution < 1.29 is 9.22 Å². The Hall–Kier alpha value is -0.313. The van der Waals surface area contributed by atoms with Gasteiger partial charge in [-0.2, -0.15) is 0 Å². The molecule has 0 aromatic carbocycles. The van der Waals surface area contributed by atoms with Crippen LogP contribution in [0, 0.1) is 6.92 Å². The molecule has 0 unspecified atom stereocenters. The second-order valence-electron chi connectivity index (χ2n) is 2.72. The van der Waals surface area contributed by atoms with Gasteiger partial charge in [0.2, 0.25) is 0 Å². The normalized spacial score (nSPS) is 11.3. The van der Waals surface area contributed by atoms with Crippen LogP contribution in [-0.2, 0) is 9.22 Å². The molecule has 0 saturated heterocycles. The Bertz CT molecular complexity index is 122. The average molecular weight is 173 g/mol. The molecule has 0 atom stereocenters. The van der Waals surface area contributed by atoms with Crippen molar-refractivity contribution in [2.45, 2.75) is 38.9 Å². The van der Waals surface area contributed by atoms with E-state index in [2.05, 4.69) is 27.7 Å². The molecule has 0 bridgehead atoms. The van der Waals surface area contributed by atoms with Crippen LogP contribution in [0.4, 0.5) is 0 Å². The first-order chi connectivity index (χ1) is 5.10. The Morgan fingerprint density at radius 2 is 1.64 bits per heavy atom. The Morgan fingerprint density at radius 3 is 1.73 bits per heavy atom. The highest BCUT2D eigenvalue weighted by molar-refractivity contribution is 6.75. The summed E-state index contributed by atoms with van der Waals surface area (Å²) >= 11 is 0. The summed E-state index contributed by atoms with van der Waals surface area (Å²) in [6, 6.07) is 3.00. The molecular formula is C8H17O2Si. The van der Waals surface area contributed by atoms with E-state index in [1.807, 2.05) is 0 Å². The average Bonchev–Trinajstić information content (AvgIpc) is 2.00. The second-order valence-corrected chi connectivity index (χ2v) is 7.41. The van der Waals surface area contributed by atoms with Crippen LogP contribution in [0.5, 0.6) is 0 Å². The molecule has 3 heteroatoms. The van der Waals surface area contributed by atoms with Crippen molar-refractivity contribution in [3.8, 4) is 0 Å². The van der Waals surface area contributed by atoms with Crippen molar-refractivity contribution in [2.24, 2.45) is 0 Å². The zero-order chi connectivity index (χ0) is 8.91. The molecule has 0 aromatic rings. The van der Waals surface area contributed by atoms with E-state index < -0.39 is 8.32 Å². The third-order valence-corrected chi connectivity index (χ3v) is 6.79. The zero-order valence-corrected chi connectivity index (χ0v) is 8.64. The summed E-state index contributed by atoms with van der Waals surface area (Å²) in [5, 5.41) is 0. The standard InChI is InChI=1S/C8H17O2Si/c1-5-11(6-2,7-3)10-8(4)9/h4-7H2,1-3H3. The van der Waals surface area contributed by atoms with Crippen molar-refractivity contribution in [2.75, 3.05) is 0 Å². The second kappa shape index (κ2) is 4.54. The van der Waals surface area contributed by atoms with Gasteiger partial charge in [-0.25, -0.2) is 0 Å². The smallest absolute Gasteiger partial charge is 0.293 e. The van der Waals surface area contributed by atoms with Crippen LogP contribution in [0.2, 0.25) is 18.1 Å². The van der Waals surface area contributed by atoms with Gasteiger partial charge in [-0.3, -0.25) is 4.79 Å². The maximum Gasteiger partial charge on any atom is 0.293 e. The monoisotopic (exact) mass is 173 g/mol. The Morgan fingerprint density at radius 1 is 1.27 bits per heavy atom. The van der Waals surface area contributed by atoms with Gasteiger partial charge in [0.25, 0.3) is 14.3 Å². The van der Waals surface area contributed by atoms with Gasteiger partial charge < -0.3 is 4.43 Å². The van der Waals surface area contributed by atoms with Crippen LogP contribution in [0.25, 0.3) is 0 Å². The van der Waals surface area contributed by atoms with E-state index in [1.54, 1.807) is 0 Å². The van der Waals surface area contributed by atoms with Crippen LogP contribution in [0.1, 0.15) is 20.8 Å². The fourth-order valence-corrected chi connectivity index (χ4v) is 3.62. The highest BCUT2D eigenvalue weighted by atomic mass is 28.4. The summed E-state index contributed by atoms with van der Waals surface area (Å²) < 4.78 is 5.27. The fraction of sp³-hybridized carbons (Fsp3) is 0.750. The molecular weight excluding hydrogens is 156 g/mol. The van der Waals surface area contributed by atoms with E-state index in [-0.39, 0.29) is 5.97 Å². The third kappa shape index (κ3) is 3.06. The predicted octanol–water partition coefficient (Wildman–Crippen LogP) is 2.37. The van der Waals surface area contributed by atoms with E-state index >= 15 is 0 Å². The lowest BCUT2D eigenvalue weighted by Crippen LogP contribution is -2.37. The van der Waals surface area contributed by atoms with Crippen molar-refractivity contribution in [3.63, 3.8) is 0 Å². The number of hydrogen-bond acceptors (Lipinski definition) is 2. The van der Waals surface area contributed by atoms with Crippen molar-refractivity contribution >= 4 is 14.3 Å². The molecule has 0 aromatic heterocycles. The van der Waals surface area contributed by atoms with Crippen LogP contribution in [0.15, 0.2) is 0 Å². The molecule has 0 saturated carbocycles. The molecule has 0 aliphatic heterocycles. The lowest BCUT2D eigenvalue weighted by atomic mass is 10.9. The summed E-state index contributed by atoms with van der Waals surface area (Å²) in [5.74, 6) is -0.359. The Balaban J connectivity index is 4.16. The number of carbonyl (C=O) groups excluding carboxylic acids is 1. The summed E-state index contributed by atoms with van der Waals surface area (Å²) in [6.45, 7) is 9.50. The summed E-state index contributed by atoms with van der Waals surface area (Å²) in [7, 11) is -1.69. The maximum absolute atomic E-state index is 10.6. The van der Waals surface area contributed by atoms with Gasteiger partial charge in [0, 0.05) is 0 Å². The van der Waals surface area contributed by atoms with Gasteiger partial charge in [-0.1, -0.05) is 20.8 Å². The summed E-state index contributed by atoms with van der Waals surface area (Å²) in [5.41, 5.74) is 0. The first-order valence-electron chi connectivity index (χ1n) is 4.15.